The van der Waals surface area contributed by atoms with Crippen molar-refractivity contribution >= 4 is 6.41 Å². The summed E-state index contributed by atoms with van der Waals surface area (Å²) in [6.07, 6.45) is 3.04. The van der Waals surface area contributed by atoms with Gasteiger partial charge in [-0.2, -0.15) is 0 Å². The maximum atomic E-state index is 13.7. The van der Waals surface area contributed by atoms with E-state index in [0.717, 1.165) is 24.8 Å². The number of amides is 1. The van der Waals surface area contributed by atoms with Gasteiger partial charge in [0.2, 0.25) is 6.41 Å². The van der Waals surface area contributed by atoms with Gasteiger partial charge in [0.1, 0.15) is 6.10 Å². The third-order valence-corrected chi connectivity index (χ3v) is 3.32. The van der Waals surface area contributed by atoms with E-state index in [1.165, 1.54) is 0 Å². The number of hydrogen-bond donors (Lipinski definition) is 0. The summed E-state index contributed by atoms with van der Waals surface area (Å²) < 4.78 is 19.2. The van der Waals surface area contributed by atoms with Gasteiger partial charge in [-0.25, -0.2) is 4.39 Å². The highest BCUT2D eigenvalue weighted by molar-refractivity contribution is 5.49. The molecule has 1 aliphatic carbocycles. The fourth-order valence-corrected chi connectivity index (χ4v) is 2.09. The average Bonchev–Trinajstić information content (AvgIpc) is 3.08. The summed E-state index contributed by atoms with van der Waals surface area (Å²) in [6.45, 7) is 1.10. The summed E-state index contributed by atoms with van der Waals surface area (Å²) in [5.41, 5.74) is 1.07. The lowest BCUT2D eigenvalue weighted by Crippen LogP contribution is -2.52. The van der Waals surface area contributed by atoms with Crippen molar-refractivity contribution in [3.8, 4) is 5.75 Å². The normalized spacial score (nSPS) is 19.9. The van der Waals surface area contributed by atoms with Crippen LogP contribution >= 0.6 is 0 Å². The predicted molar refractivity (Wildman–Crippen MR) is 60.4 cm³/mol. The molecule has 0 N–H and O–H groups in total. The minimum atomic E-state index is -0.293. The van der Waals surface area contributed by atoms with E-state index in [0.29, 0.717) is 24.8 Å². The molecule has 2 aliphatic rings. The minimum absolute atomic E-state index is 0.0681. The molecule has 0 aromatic heterocycles. The van der Waals surface area contributed by atoms with Crippen LogP contribution in [0, 0.1) is 5.82 Å². The minimum Gasteiger partial charge on any atom is -0.484 e. The molecule has 1 aliphatic heterocycles. The summed E-state index contributed by atoms with van der Waals surface area (Å²) in [4.78, 5) is 12.0. The number of halogens is 1. The lowest BCUT2D eigenvalue weighted by Gasteiger charge is -2.36. The van der Waals surface area contributed by atoms with Crippen molar-refractivity contribution < 1.29 is 13.9 Å². The lowest BCUT2D eigenvalue weighted by molar-refractivity contribution is -0.126. The van der Waals surface area contributed by atoms with Gasteiger partial charge in [0.15, 0.2) is 11.6 Å². The molecule has 1 saturated carbocycles. The van der Waals surface area contributed by atoms with Gasteiger partial charge in [0.25, 0.3) is 0 Å². The summed E-state index contributed by atoms with van der Waals surface area (Å²) >= 11 is 0. The molecule has 3 nitrogen and oxygen atoms in total. The van der Waals surface area contributed by atoms with Gasteiger partial charge < -0.3 is 9.64 Å². The van der Waals surface area contributed by atoms with Crippen LogP contribution in [0.5, 0.6) is 5.75 Å². The van der Waals surface area contributed by atoms with Crippen LogP contribution in [0.2, 0.25) is 0 Å². The van der Waals surface area contributed by atoms with Crippen molar-refractivity contribution in [2.24, 2.45) is 0 Å². The first-order valence-corrected chi connectivity index (χ1v) is 5.91. The standard InChI is InChI=1S/C13H14FNO2/c14-12-5-10(9-1-2-9)3-4-13(12)17-11-6-15(7-11)8-16/h3-5,8-9,11H,1-2,6-7H2. The van der Waals surface area contributed by atoms with Gasteiger partial charge in [-0.3, -0.25) is 4.79 Å². The van der Waals surface area contributed by atoms with Gasteiger partial charge in [0, 0.05) is 0 Å². The third-order valence-electron chi connectivity index (χ3n) is 3.32. The molecule has 1 aromatic rings. The second-order valence-electron chi connectivity index (χ2n) is 4.76. The Labute approximate surface area is 99.2 Å². The maximum absolute atomic E-state index is 13.7. The maximum Gasteiger partial charge on any atom is 0.209 e. The number of carbonyl (C=O) groups excluding carboxylic acids is 1. The van der Waals surface area contributed by atoms with Crippen molar-refractivity contribution in [2.75, 3.05) is 13.1 Å². The number of ether oxygens (including phenoxy) is 1. The first kappa shape index (κ1) is 10.6. The van der Waals surface area contributed by atoms with Crippen molar-refractivity contribution in [3.63, 3.8) is 0 Å². The Balaban J connectivity index is 1.65. The van der Waals surface area contributed by atoms with E-state index in [1.807, 2.05) is 6.07 Å². The Bertz CT molecular complexity index is 439. The molecule has 90 valence electrons. The van der Waals surface area contributed by atoms with E-state index in [4.69, 9.17) is 4.74 Å². The second-order valence-corrected chi connectivity index (χ2v) is 4.76. The first-order chi connectivity index (χ1) is 8.26. The summed E-state index contributed by atoms with van der Waals surface area (Å²) in [5, 5.41) is 0. The van der Waals surface area contributed by atoms with E-state index in [1.54, 1.807) is 17.0 Å². The monoisotopic (exact) mass is 235 g/mol. The van der Waals surface area contributed by atoms with E-state index in [-0.39, 0.29) is 11.9 Å². The van der Waals surface area contributed by atoms with Crippen LogP contribution < -0.4 is 4.74 Å². The number of benzene rings is 1. The smallest absolute Gasteiger partial charge is 0.209 e. The SMILES string of the molecule is O=CN1CC(Oc2ccc(C3CC3)cc2F)C1. The zero-order chi connectivity index (χ0) is 11.8. The number of nitrogens with zero attached hydrogens (tertiary/aromatic N) is 1. The number of carbonyl (C=O) groups is 1. The van der Waals surface area contributed by atoms with Gasteiger partial charge in [-0.1, -0.05) is 6.07 Å². The molecule has 17 heavy (non-hydrogen) atoms. The lowest BCUT2D eigenvalue weighted by atomic mass is 10.1. The van der Waals surface area contributed by atoms with Crippen LogP contribution in [-0.2, 0) is 4.79 Å². The molecule has 0 atom stereocenters. The van der Waals surface area contributed by atoms with Crippen molar-refractivity contribution in [1.82, 2.24) is 4.90 Å². The van der Waals surface area contributed by atoms with Crippen molar-refractivity contribution in [2.45, 2.75) is 24.9 Å². The van der Waals surface area contributed by atoms with E-state index in [9.17, 15) is 9.18 Å². The molecule has 3 rings (SSSR count). The Morgan fingerprint density at radius 3 is 2.71 bits per heavy atom. The number of likely N-dealkylation sites (tertiary alicyclic amines) is 1. The molecule has 0 radical (unpaired) electrons. The molecule has 1 aromatic carbocycles. The molecule has 0 spiro atoms. The molecule has 1 heterocycles. The van der Waals surface area contributed by atoms with E-state index in [2.05, 4.69) is 0 Å². The van der Waals surface area contributed by atoms with Gasteiger partial charge in [-0.05, 0) is 36.5 Å². The zero-order valence-corrected chi connectivity index (χ0v) is 9.43. The van der Waals surface area contributed by atoms with Crippen molar-refractivity contribution in [1.29, 1.82) is 0 Å². The first-order valence-electron chi connectivity index (χ1n) is 5.91. The largest absolute Gasteiger partial charge is 0.484 e. The summed E-state index contributed by atoms with van der Waals surface area (Å²) in [6, 6.07) is 5.21. The summed E-state index contributed by atoms with van der Waals surface area (Å²) in [5.74, 6) is 0.553. The Morgan fingerprint density at radius 2 is 2.12 bits per heavy atom. The highest BCUT2D eigenvalue weighted by atomic mass is 19.1. The Kier molecular flexibility index (Phi) is 2.50. The second kappa shape index (κ2) is 4.02. The molecule has 1 amide bonds. The van der Waals surface area contributed by atoms with Crippen LogP contribution in [0.4, 0.5) is 4.39 Å². The molecule has 0 unspecified atom stereocenters. The van der Waals surface area contributed by atoms with Gasteiger partial charge in [0.05, 0.1) is 13.1 Å². The van der Waals surface area contributed by atoms with Crippen LogP contribution in [0.25, 0.3) is 0 Å². The van der Waals surface area contributed by atoms with Crippen LogP contribution in [-0.4, -0.2) is 30.5 Å². The highest BCUT2D eigenvalue weighted by Crippen LogP contribution is 2.41. The molecule has 0 bridgehead atoms. The van der Waals surface area contributed by atoms with Crippen LogP contribution in [0.3, 0.4) is 0 Å². The fourth-order valence-electron chi connectivity index (χ4n) is 2.09. The number of rotatable bonds is 4. The molecular weight excluding hydrogens is 221 g/mol. The fraction of sp³-hybridized carbons (Fsp3) is 0.462. The quantitative estimate of drug-likeness (QED) is 0.746. The van der Waals surface area contributed by atoms with Gasteiger partial charge >= 0.3 is 0 Å². The summed E-state index contributed by atoms with van der Waals surface area (Å²) in [7, 11) is 0. The zero-order valence-electron chi connectivity index (χ0n) is 9.43. The van der Waals surface area contributed by atoms with E-state index >= 15 is 0 Å². The molecule has 2 fully saturated rings. The van der Waals surface area contributed by atoms with Gasteiger partial charge in [-0.15, -0.1) is 0 Å². The van der Waals surface area contributed by atoms with E-state index < -0.39 is 0 Å². The molecular formula is C13H14FNO2. The molecule has 1 saturated heterocycles. The average molecular weight is 235 g/mol. The van der Waals surface area contributed by atoms with Crippen LogP contribution in [0.15, 0.2) is 18.2 Å². The number of hydrogen-bond acceptors (Lipinski definition) is 2. The third kappa shape index (κ3) is 2.12. The Morgan fingerprint density at radius 1 is 1.35 bits per heavy atom. The molecule has 4 heteroatoms. The van der Waals surface area contributed by atoms with Crippen LogP contribution in [0.1, 0.15) is 24.3 Å². The topological polar surface area (TPSA) is 29.5 Å². The Hall–Kier alpha value is -1.58. The predicted octanol–water partition coefficient (Wildman–Crippen LogP) is 1.92. The highest BCUT2D eigenvalue weighted by Gasteiger charge is 2.28. The van der Waals surface area contributed by atoms with Crippen molar-refractivity contribution in [3.05, 3.63) is 29.6 Å².